The second-order valence-electron chi connectivity index (χ2n) is 6.89. The van der Waals surface area contributed by atoms with Crippen LogP contribution in [0.4, 0.5) is 24.7 Å². The van der Waals surface area contributed by atoms with Gasteiger partial charge < -0.3 is 15.0 Å². The van der Waals surface area contributed by atoms with E-state index in [-0.39, 0.29) is 11.6 Å². The molecule has 3 aromatic rings. The molecule has 0 bridgehead atoms. The Morgan fingerprint density at radius 2 is 1.97 bits per heavy atom. The summed E-state index contributed by atoms with van der Waals surface area (Å²) in [5.74, 6) is -0.110. The van der Waals surface area contributed by atoms with Crippen LogP contribution in [-0.4, -0.2) is 50.1 Å². The third-order valence-corrected chi connectivity index (χ3v) is 4.78. The van der Waals surface area contributed by atoms with Crippen LogP contribution in [0.5, 0.6) is 5.75 Å². The SMILES string of the molecule is O=C(Nc1ccccc1OC(F)(F)F)C1CCCN(c2cc(-n3cncn3)ncn2)C1. The van der Waals surface area contributed by atoms with Crippen LogP contribution < -0.4 is 15.0 Å². The van der Waals surface area contributed by atoms with Crippen LogP contribution >= 0.6 is 0 Å². The number of para-hydroxylation sites is 2. The molecule has 0 aliphatic carbocycles. The molecule has 162 valence electrons. The molecule has 0 spiro atoms. The van der Waals surface area contributed by atoms with Crippen molar-refractivity contribution in [3.8, 4) is 11.6 Å². The molecule has 1 aromatic carbocycles. The first-order valence-corrected chi connectivity index (χ1v) is 9.47. The maximum Gasteiger partial charge on any atom is 0.573 e. The Morgan fingerprint density at radius 3 is 2.74 bits per heavy atom. The molecule has 9 nitrogen and oxygen atoms in total. The van der Waals surface area contributed by atoms with Crippen LogP contribution in [0.15, 0.2) is 49.3 Å². The van der Waals surface area contributed by atoms with E-state index in [0.29, 0.717) is 31.1 Å². The van der Waals surface area contributed by atoms with E-state index in [9.17, 15) is 18.0 Å². The van der Waals surface area contributed by atoms with Gasteiger partial charge >= 0.3 is 6.36 Å². The second-order valence-corrected chi connectivity index (χ2v) is 6.89. The molecule has 31 heavy (non-hydrogen) atoms. The molecule has 0 radical (unpaired) electrons. The van der Waals surface area contributed by atoms with Gasteiger partial charge in [0.15, 0.2) is 11.6 Å². The van der Waals surface area contributed by atoms with Gasteiger partial charge in [-0.1, -0.05) is 12.1 Å². The Balaban J connectivity index is 1.46. The number of nitrogens with one attached hydrogen (secondary N) is 1. The third kappa shape index (κ3) is 5.08. The van der Waals surface area contributed by atoms with Crippen molar-refractivity contribution in [2.24, 2.45) is 5.92 Å². The van der Waals surface area contributed by atoms with E-state index in [0.717, 1.165) is 12.5 Å². The molecule has 3 heterocycles. The Kier molecular flexibility index (Phi) is 5.69. The standard InChI is InChI=1S/C19H18F3N7O2/c20-19(21,22)31-15-6-2-1-5-14(15)27-18(30)13-4-3-7-28(9-13)16-8-17(25-11-24-16)29-12-23-10-26-29/h1-2,5-6,8,10-13H,3-4,7,9H2,(H,27,30). The maximum atomic E-state index is 12.8. The van der Waals surface area contributed by atoms with E-state index in [1.54, 1.807) is 6.07 Å². The highest BCUT2D eigenvalue weighted by Crippen LogP contribution is 2.31. The molecule has 1 unspecified atom stereocenters. The Morgan fingerprint density at radius 1 is 1.16 bits per heavy atom. The molecule has 1 aliphatic heterocycles. The smallest absolute Gasteiger partial charge is 0.404 e. The van der Waals surface area contributed by atoms with Gasteiger partial charge in [0.1, 0.15) is 24.8 Å². The highest BCUT2D eigenvalue weighted by atomic mass is 19.4. The van der Waals surface area contributed by atoms with Crippen molar-refractivity contribution in [1.29, 1.82) is 0 Å². The van der Waals surface area contributed by atoms with Gasteiger partial charge in [-0.15, -0.1) is 13.2 Å². The Hall–Kier alpha value is -3.70. The lowest BCUT2D eigenvalue weighted by atomic mass is 9.97. The summed E-state index contributed by atoms with van der Waals surface area (Å²) in [6, 6.07) is 7.19. The number of anilines is 2. The minimum Gasteiger partial charge on any atom is -0.404 e. The van der Waals surface area contributed by atoms with Crippen molar-refractivity contribution in [2.45, 2.75) is 19.2 Å². The molecule has 1 N–H and O–H groups in total. The fourth-order valence-corrected chi connectivity index (χ4v) is 3.38. The molecule has 0 saturated carbocycles. The van der Waals surface area contributed by atoms with Crippen LogP contribution in [0.2, 0.25) is 0 Å². The average Bonchev–Trinajstić information content (AvgIpc) is 3.29. The number of carbonyl (C=O) groups excluding carboxylic acids is 1. The van der Waals surface area contributed by atoms with Crippen LogP contribution in [0.3, 0.4) is 0 Å². The van der Waals surface area contributed by atoms with Gasteiger partial charge in [0.2, 0.25) is 5.91 Å². The largest absolute Gasteiger partial charge is 0.573 e. The highest BCUT2D eigenvalue weighted by Gasteiger charge is 2.33. The molecule has 1 aliphatic rings. The second kappa shape index (κ2) is 8.58. The number of halogens is 3. The maximum absolute atomic E-state index is 12.8. The average molecular weight is 433 g/mol. The van der Waals surface area contributed by atoms with E-state index in [1.807, 2.05) is 4.90 Å². The van der Waals surface area contributed by atoms with Crippen molar-refractivity contribution in [2.75, 3.05) is 23.3 Å². The first-order valence-electron chi connectivity index (χ1n) is 9.47. The molecular formula is C19H18F3N7O2. The van der Waals surface area contributed by atoms with E-state index in [1.165, 1.54) is 41.9 Å². The van der Waals surface area contributed by atoms with Gasteiger partial charge in [0, 0.05) is 19.2 Å². The number of benzene rings is 1. The topological polar surface area (TPSA) is 98.1 Å². The number of aromatic nitrogens is 5. The summed E-state index contributed by atoms with van der Waals surface area (Å²) in [4.78, 5) is 27.1. The van der Waals surface area contributed by atoms with E-state index in [4.69, 9.17) is 0 Å². The van der Waals surface area contributed by atoms with E-state index in [2.05, 4.69) is 30.1 Å². The van der Waals surface area contributed by atoms with E-state index >= 15 is 0 Å². The van der Waals surface area contributed by atoms with Crippen molar-refractivity contribution >= 4 is 17.4 Å². The lowest BCUT2D eigenvalue weighted by molar-refractivity contribution is -0.274. The molecular weight excluding hydrogens is 415 g/mol. The number of carbonyl (C=O) groups is 1. The first kappa shape index (κ1) is 20.6. The lowest BCUT2D eigenvalue weighted by Crippen LogP contribution is -2.41. The van der Waals surface area contributed by atoms with Crippen LogP contribution in [0.25, 0.3) is 5.82 Å². The zero-order chi connectivity index (χ0) is 21.8. The minimum absolute atomic E-state index is 0.0301. The third-order valence-electron chi connectivity index (χ3n) is 4.78. The van der Waals surface area contributed by atoms with Gasteiger partial charge in [-0.2, -0.15) is 5.10 Å². The van der Waals surface area contributed by atoms with Gasteiger partial charge in [-0.05, 0) is 25.0 Å². The van der Waals surface area contributed by atoms with Gasteiger partial charge in [0.05, 0.1) is 11.6 Å². The summed E-state index contributed by atoms with van der Waals surface area (Å²) in [6.07, 6.45) is 0.785. The summed E-state index contributed by atoms with van der Waals surface area (Å²) < 4.78 is 43.4. The Bertz CT molecular complexity index is 1040. The van der Waals surface area contributed by atoms with Crippen molar-refractivity contribution < 1.29 is 22.7 Å². The summed E-state index contributed by atoms with van der Waals surface area (Å²) in [7, 11) is 0. The number of hydrogen-bond acceptors (Lipinski definition) is 7. The monoisotopic (exact) mass is 433 g/mol. The molecule has 1 amide bonds. The number of alkyl halides is 3. The number of piperidine rings is 1. The number of rotatable bonds is 5. The van der Waals surface area contributed by atoms with Crippen LogP contribution in [0.1, 0.15) is 12.8 Å². The first-order chi connectivity index (χ1) is 14.9. The quantitative estimate of drug-likeness (QED) is 0.661. The van der Waals surface area contributed by atoms with Gasteiger partial charge in [-0.25, -0.2) is 19.6 Å². The van der Waals surface area contributed by atoms with Crippen molar-refractivity contribution in [1.82, 2.24) is 24.7 Å². The van der Waals surface area contributed by atoms with Gasteiger partial charge in [-0.3, -0.25) is 4.79 Å². The van der Waals surface area contributed by atoms with Crippen molar-refractivity contribution in [3.05, 3.63) is 49.3 Å². The summed E-state index contributed by atoms with van der Waals surface area (Å²) in [5.41, 5.74) is -0.0301. The van der Waals surface area contributed by atoms with Crippen LogP contribution in [-0.2, 0) is 4.79 Å². The molecule has 1 saturated heterocycles. The molecule has 4 rings (SSSR count). The fourth-order valence-electron chi connectivity index (χ4n) is 3.38. The normalized spacial score (nSPS) is 16.7. The summed E-state index contributed by atoms with van der Waals surface area (Å²) in [6.45, 7) is 1.05. The lowest BCUT2D eigenvalue weighted by Gasteiger charge is -2.33. The summed E-state index contributed by atoms with van der Waals surface area (Å²) in [5, 5.41) is 6.60. The zero-order valence-corrected chi connectivity index (χ0v) is 16.2. The van der Waals surface area contributed by atoms with Crippen LogP contribution in [0, 0.1) is 5.92 Å². The molecule has 1 atom stereocenters. The number of amides is 1. The molecule has 1 fully saturated rings. The molecule has 12 heteroatoms. The zero-order valence-electron chi connectivity index (χ0n) is 16.2. The summed E-state index contributed by atoms with van der Waals surface area (Å²) >= 11 is 0. The molecule has 2 aromatic heterocycles. The fraction of sp³-hybridized carbons (Fsp3) is 0.316. The predicted molar refractivity (Wildman–Crippen MR) is 104 cm³/mol. The predicted octanol–water partition coefficient (Wildman–Crippen LogP) is 2.81. The Labute approximate surface area is 174 Å². The van der Waals surface area contributed by atoms with Crippen molar-refractivity contribution in [3.63, 3.8) is 0 Å². The minimum atomic E-state index is -4.85. The number of hydrogen-bond donors (Lipinski definition) is 1. The van der Waals surface area contributed by atoms with E-state index < -0.39 is 18.0 Å². The van der Waals surface area contributed by atoms with Gasteiger partial charge in [0.25, 0.3) is 0 Å². The number of ether oxygens (including phenoxy) is 1. The highest BCUT2D eigenvalue weighted by molar-refractivity contribution is 5.94. The number of nitrogens with zero attached hydrogens (tertiary/aromatic N) is 6.